The van der Waals surface area contributed by atoms with Crippen LogP contribution < -0.4 is 5.73 Å². The Balaban J connectivity index is 2.55. The summed E-state index contributed by atoms with van der Waals surface area (Å²) >= 11 is 3.56. The van der Waals surface area contributed by atoms with Gasteiger partial charge in [-0.1, -0.05) is 41.1 Å². The quantitative estimate of drug-likeness (QED) is 0.870. The summed E-state index contributed by atoms with van der Waals surface area (Å²) in [5.74, 6) is 0. The molecule has 1 aromatic rings. The molecule has 2 N–H and O–H groups in total. The van der Waals surface area contributed by atoms with Gasteiger partial charge in [-0.05, 0) is 38.4 Å². The molecule has 1 atom stereocenters. The first kappa shape index (κ1) is 14.7. The molecule has 0 heterocycles. The molecular formula is C14H23BrN2. The van der Waals surface area contributed by atoms with E-state index < -0.39 is 0 Å². The maximum Gasteiger partial charge on any atom is 0.0318 e. The average molecular weight is 299 g/mol. The number of nitrogens with two attached hydrogens (primary N) is 1. The third-order valence-corrected chi connectivity index (χ3v) is 3.89. The zero-order valence-electron chi connectivity index (χ0n) is 11.0. The summed E-state index contributed by atoms with van der Waals surface area (Å²) in [6.45, 7) is 8.79. The van der Waals surface area contributed by atoms with Gasteiger partial charge >= 0.3 is 0 Å². The fraction of sp³-hybridized carbons (Fsp3) is 0.571. The second kappa shape index (κ2) is 7.14. The molecule has 0 amide bonds. The largest absolute Gasteiger partial charge is 0.324 e. The molecule has 0 aliphatic heterocycles. The summed E-state index contributed by atoms with van der Waals surface area (Å²) in [4.78, 5) is 2.44. The Morgan fingerprint density at radius 1 is 1.29 bits per heavy atom. The number of halogens is 1. The van der Waals surface area contributed by atoms with E-state index in [0.29, 0.717) is 6.04 Å². The van der Waals surface area contributed by atoms with E-state index >= 15 is 0 Å². The van der Waals surface area contributed by atoms with Crippen molar-refractivity contribution in [1.82, 2.24) is 4.90 Å². The van der Waals surface area contributed by atoms with Gasteiger partial charge in [0, 0.05) is 23.1 Å². The van der Waals surface area contributed by atoms with Gasteiger partial charge < -0.3 is 10.6 Å². The minimum atomic E-state index is 0.110. The van der Waals surface area contributed by atoms with Crippen LogP contribution in [0.3, 0.4) is 0 Å². The van der Waals surface area contributed by atoms with Gasteiger partial charge in [0.05, 0.1) is 0 Å². The van der Waals surface area contributed by atoms with Crippen LogP contribution >= 0.6 is 15.9 Å². The number of benzene rings is 1. The summed E-state index contributed by atoms with van der Waals surface area (Å²) in [6.07, 6.45) is 0.995. The molecule has 17 heavy (non-hydrogen) atoms. The molecule has 0 aliphatic rings. The zero-order chi connectivity index (χ0) is 12.8. The van der Waals surface area contributed by atoms with Gasteiger partial charge in [0.25, 0.3) is 0 Å². The molecule has 1 rings (SSSR count). The first-order chi connectivity index (χ1) is 8.06. The fourth-order valence-corrected chi connectivity index (χ4v) is 2.60. The molecule has 0 aromatic heterocycles. The Morgan fingerprint density at radius 2 is 1.94 bits per heavy atom. The topological polar surface area (TPSA) is 29.3 Å². The highest BCUT2D eigenvalue weighted by Gasteiger charge is 2.12. The van der Waals surface area contributed by atoms with Crippen molar-refractivity contribution >= 4 is 15.9 Å². The van der Waals surface area contributed by atoms with E-state index in [4.69, 9.17) is 5.73 Å². The van der Waals surface area contributed by atoms with Crippen LogP contribution in [0.1, 0.15) is 38.8 Å². The molecule has 0 bridgehead atoms. The highest BCUT2D eigenvalue weighted by atomic mass is 79.9. The van der Waals surface area contributed by atoms with Crippen LogP contribution in [0.4, 0.5) is 0 Å². The standard InChI is InChI=1S/C14H23BrN2/c1-4-17(11(2)3)10-9-14(16)12-7-5-6-8-13(12)15/h5-8,11,14H,4,9-10,16H2,1-3H3. The van der Waals surface area contributed by atoms with Gasteiger partial charge in [-0.15, -0.1) is 0 Å². The van der Waals surface area contributed by atoms with Crippen LogP contribution in [-0.2, 0) is 0 Å². The summed E-state index contributed by atoms with van der Waals surface area (Å²) in [5.41, 5.74) is 7.44. The first-order valence-corrected chi connectivity index (χ1v) is 7.09. The molecule has 0 fully saturated rings. The zero-order valence-corrected chi connectivity index (χ0v) is 12.6. The summed E-state index contributed by atoms with van der Waals surface area (Å²) in [5, 5.41) is 0. The molecule has 0 saturated carbocycles. The Labute approximate surface area is 113 Å². The molecule has 1 aromatic carbocycles. The van der Waals surface area contributed by atoms with Gasteiger partial charge in [0.2, 0.25) is 0 Å². The Kier molecular flexibility index (Phi) is 6.17. The highest BCUT2D eigenvalue weighted by molar-refractivity contribution is 9.10. The van der Waals surface area contributed by atoms with Crippen molar-refractivity contribution in [3.63, 3.8) is 0 Å². The molecular weight excluding hydrogens is 276 g/mol. The average Bonchev–Trinajstić information content (AvgIpc) is 2.29. The van der Waals surface area contributed by atoms with Crippen molar-refractivity contribution < 1.29 is 0 Å². The van der Waals surface area contributed by atoms with Gasteiger partial charge in [-0.25, -0.2) is 0 Å². The van der Waals surface area contributed by atoms with Crippen molar-refractivity contribution in [2.45, 2.75) is 39.3 Å². The normalized spacial score (nSPS) is 13.4. The van der Waals surface area contributed by atoms with Gasteiger partial charge in [0.1, 0.15) is 0 Å². The van der Waals surface area contributed by atoms with E-state index in [2.05, 4.69) is 53.7 Å². The van der Waals surface area contributed by atoms with E-state index in [9.17, 15) is 0 Å². The smallest absolute Gasteiger partial charge is 0.0318 e. The van der Waals surface area contributed by atoms with Crippen LogP contribution in [0.5, 0.6) is 0 Å². The van der Waals surface area contributed by atoms with E-state index in [0.717, 1.165) is 24.0 Å². The number of nitrogens with zero attached hydrogens (tertiary/aromatic N) is 1. The Bertz CT molecular complexity index is 339. The lowest BCUT2D eigenvalue weighted by Gasteiger charge is -2.26. The minimum absolute atomic E-state index is 0.110. The van der Waals surface area contributed by atoms with Gasteiger partial charge in [-0.3, -0.25) is 0 Å². The predicted molar refractivity (Wildman–Crippen MR) is 78.1 cm³/mol. The third kappa shape index (κ3) is 4.41. The van der Waals surface area contributed by atoms with Crippen LogP contribution in [-0.4, -0.2) is 24.0 Å². The van der Waals surface area contributed by atoms with Gasteiger partial charge in [0.15, 0.2) is 0 Å². The molecule has 2 nitrogen and oxygen atoms in total. The highest BCUT2D eigenvalue weighted by Crippen LogP contribution is 2.23. The second-order valence-electron chi connectivity index (χ2n) is 4.64. The van der Waals surface area contributed by atoms with E-state index in [-0.39, 0.29) is 6.04 Å². The lowest BCUT2D eigenvalue weighted by atomic mass is 10.0. The molecule has 0 aliphatic carbocycles. The number of hydrogen-bond acceptors (Lipinski definition) is 2. The molecule has 0 saturated heterocycles. The maximum atomic E-state index is 6.24. The third-order valence-electron chi connectivity index (χ3n) is 3.17. The lowest BCUT2D eigenvalue weighted by Crippen LogP contribution is -2.33. The van der Waals surface area contributed by atoms with Crippen molar-refractivity contribution in [3.05, 3.63) is 34.3 Å². The van der Waals surface area contributed by atoms with Gasteiger partial charge in [-0.2, -0.15) is 0 Å². The van der Waals surface area contributed by atoms with Crippen molar-refractivity contribution in [1.29, 1.82) is 0 Å². The summed E-state index contributed by atoms with van der Waals surface area (Å²) in [7, 11) is 0. The summed E-state index contributed by atoms with van der Waals surface area (Å²) in [6, 6.07) is 8.91. The van der Waals surface area contributed by atoms with Crippen LogP contribution in [0, 0.1) is 0 Å². The van der Waals surface area contributed by atoms with Crippen LogP contribution in [0.15, 0.2) is 28.7 Å². The first-order valence-electron chi connectivity index (χ1n) is 6.30. The number of rotatable bonds is 6. The van der Waals surface area contributed by atoms with E-state index in [1.54, 1.807) is 0 Å². The van der Waals surface area contributed by atoms with Crippen LogP contribution in [0.25, 0.3) is 0 Å². The number of hydrogen-bond donors (Lipinski definition) is 1. The van der Waals surface area contributed by atoms with Crippen LogP contribution in [0.2, 0.25) is 0 Å². The fourth-order valence-electron chi connectivity index (χ4n) is 2.02. The van der Waals surface area contributed by atoms with E-state index in [1.165, 1.54) is 5.56 Å². The monoisotopic (exact) mass is 298 g/mol. The predicted octanol–water partition coefficient (Wildman–Crippen LogP) is 3.57. The Hall–Kier alpha value is -0.380. The summed E-state index contributed by atoms with van der Waals surface area (Å²) < 4.78 is 1.11. The molecule has 3 heteroatoms. The maximum absolute atomic E-state index is 6.24. The van der Waals surface area contributed by atoms with Crippen molar-refractivity contribution in [2.24, 2.45) is 5.73 Å². The molecule has 96 valence electrons. The molecule has 0 spiro atoms. The lowest BCUT2D eigenvalue weighted by molar-refractivity contribution is 0.225. The molecule has 0 radical (unpaired) electrons. The van der Waals surface area contributed by atoms with E-state index in [1.807, 2.05) is 12.1 Å². The van der Waals surface area contributed by atoms with Crippen molar-refractivity contribution in [3.8, 4) is 0 Å². The molecule has 1 unspecified atom stereocenters. The SMILES string of the molecule is CCN(CCC(N)c1ccccc1Br)C(C)C. The Morgan fingerprint density at radius 3 is 2.47 bits per heavy atom. The second-order valence-corrected chi connectivity index (χ2v) is 5.49. The van der Waals surface area contributed by atoms with Crippen molar-refractivity contribution in [2.75, 3.05) is 13.1 Å². The minimum Gasteiger partial charge on any atom is -0.324 e.